The first-order valence-electron chi connectivity index (χ1n) is 9.25. The van der Waals surface area contributed by atoms with Crippen molar-refractivity contribution in [2.24, 2.45) is 7.05 Å². The van der Waals surface area contributed by atoms with Gasteiger partial charge in [0.05, 0.1) is 33.9 Å². The lowest BCUT2D eigenvalue weighted by Gasteiger charge is -2.10. The van der Waals surface area contributed by atoms with Crippen LogP contribution in [0.2, 0.25) is 0 Å². The van der Waals surface area contributed by atoms with Gasteiger partial charge in [-0.1, -0.05) is 30.3 Å². The average molecular weight is 382 g/mol. The van der Waals surface area contributed by atoms with Crippen LogP contribution in [-0.2, 0) is 7.05 Å². The second-order valence-corrected chi connectivity index (χ2v) is 6.92. The van der Waals surface area contributed by atoms with Gasteiger partial charge in [-0.2, -0.15) is 5.10 Å². The minimum atomic E-state index is -0.241. The topological polar surface area (TPSA) is 88.5 Å². The van der Waals surface area contributed by atoms with Crippen molar-refractivity contribution >= 4 is 33.7 Å². The van der Waals surface area contributed by atoms with E-state index >= 15 is 0 Å². The number of carbonyl (C=O) groups is 1. The minimum Gasteiger partial charge on any atom is -0.338 e. The number of anilines is 1. The van der Waals surface area contributed by atoms with E-state index in [4.69, 9.17) is 0 Å². The van der Waals surface area contributed by atoms with E-state index in [-0.39, 0.29) is 5.91 Å². The van der Waals surface area contributed by atoms with Gasteiger partial charge in [-0.3, -0.25) is 14.5 Å². The molecule has 3 aromatic heterocycles. The molecule has 7 heteroatoms. The van der Waals surface area contributed by atoms with Crippen LogP contribution in [0.4, 0.5) is 5.82 Å². The first-order valence-corrected chi connectivity index (χ1v) is 9.25. The molecule has 0 radical (unpaired) electrons. The van der Waals surface area contributed by atoms with Crippen LogP contribution >= 0.6 is 0 Å². The molecule has 5 aromatic rings. The molecule has 3 heterocycles. The van der Waals surface area contributed by atoms with E-state index in [0.29, 0.717) is 22.7 Å². The predicted octanol–water partition coefficient (Wildman–Crippen LogP) is 4.07. The molecule has 5 rings (SSSR count). The molecule has 7 nitrogen and oxygen atoms in total. The number of aromatic amines is 1. The zero-order valence-electron chi connectivity index (χ0n) is 16.0. The highest BCUT2D eigenvalue weighted by atomic mass is 16.1. The Labute approximate surface area is 166 Å². The molecule has 0 spiro atoms. The van der Waals surface area contributed by atoms with Gasteiger partial charge in [0.1, 0.15) is 11.6 Å². The number of pyridine rings is 1. The number of fused-ring (bicyclic) bond motifs is 2. The van der Waals surface area contributed by atoms with Crippen molar-refractivity contribution in [3.63, 3.8) is 0 Å². The SMILES string of the molecule is Cc1ccc2cccc(C(=O)Nc3c(-c4nc5ccccc5[nH]4)cnn3C)c2n1. The lowest BCUT2D eigenvalue weighted by atomic mass is 10.1. The summed E-state index contributed by atoms with van der Waals surface area (Å²) in [6, 6.07) is 17.3. The van der Waals surface area contributed by atoms with Crippen LogP contribution in [0.5, 0.6) is 0 Å². The number of aryl methyl sites for hydroxylation is 2. The maximum atomic E-state index is 13.1. The standard InChI is InChI=1S/C22H18N6O/c1-13-10-11-14-6-5-7-15(19(14)24-13)22(29)27-21-16(12-23-28(21)2)20-25-17-8-3-4-9-18(17)26-20/h3-12H,1-2H3,(H,25,26)(H,27,29). The van der Waals surface area contributed by atoms with E-state index in [1.165, 1.54) is 0 Å². The van der Waals surface area contributed by atoms with Gasteiger partial charge in [0.15, 0.2) is 0 Å². The number of amides is 1. The number of carbonyl (C=O) groups excluding carboxylic acids is 1. The fourth-order valence-electron chi connectivity index (χ4n) is 3.44. The Morgan fingerprint density at radius 3 is 2.76 bits per heavy atom. The van der Waals surface area contributed by atoms with Crippen LogP contribution in [0, 0.1) is 6.92 Å². The molecule has 0 fully saturated rings. The van der Waals surface area contributed by atoms with Gasteiger partial charge >= 0.3 is 0 Å². The lowest BCUT2D eigenvalue weighted by molar-refractivity contribution is 0.102. The van der Waals surface area contributed by atoms with Gasteiger partial charge in [-0.25, -0.2) is 4.98 Å². The van der Waals surface area contributed by atoms with E-state index in [1.807, 2.05) is 55.5 Å². The number of rotatable bonds is 3. The summed E-state index contributed by atoms with van der Waals surface area (Å²) in [4.78, 5) is 25.6. The monoisotopic (exact) mass is 382 g/mol. The first-order chi connectivity index (χ1) is 14.1. The van der Waals surface area contributed by atoms with Crippen LogP contribution in [0.3, 0.4) is 0 Å². The van der Waals surface area contributed by atoms with Crippen molar-refractivity contribution in [3.05, 3.63) is 72.1 Å². The molecule has 29 heavy (non-hydrogen) atoms. The van der Waals surface area contributed by atoms with Crippen molar-refractivity contribution in [1.29, 1.82) is 0 Å². The summed E-state index contributed by atoms with van der Waals surface area (Å²) in [7, 11) is 1.78. The second-order valence-electron chi connectivity index (χ2n) is 6.92. The molecule has 142 valence electrons. The summed E-state index contributed by atoms with van der Waals surface area (Å²) < 4.78 is 1.63. The van der Waals surface area contributed by atoms with E-state index in [0.717, 1.165) is 27.7 Å². The molecule has 2 N–H and O–H groups in total. The third-order valence-corrected chi connectivity index (χ3v) is 4.92. The third kappa shape index (κ3) is 2.93. The molecular formula is C22H18N6O. The fourth-order valence-corrected chi connectivity index (χ4v) is 3.44. The molecular weight excluding hydrogens is 364 g/mol. The van der Waals surface area contributed by atoms with Crippen molar-refractivity contribution in [2.75, 3.05) is 5.32 Å². The normalized spacial score (nSPS) is 11.2. The number of nitrogens with zero attached hydrogens (tertiary/aromatic N) is 4. The number of hydrogen-bond donors (Lipinski definition) is 2. The Hall–Kier alpha value is -4.00. The van der Waals surface area contributed by atoms with Gasteiger partial charge in [0.25, 0.3) is 5.91 Å². The third-order valence-electron chi connectivity index (χ3n) is 4.92. The number of aromatic nitrogens is 5. The van der Waals surface area contributed by atoms with E-state index in [9.17, 15) is 4.79 Å². The maximum Gasteiger partial charge on any atom is 0.259 e. The molecule has 0 aliphatic heterocycles. The number of benzene rings is 2. The number of para-hydroxylation sites is 3. The van der Waals surface area contributed by atoms with Crippen molar-refractivity contribution < 1.29 is 4.79 Å². The molecule has 0 saturated heterocycles. The van der Waals surface area contributed by atoms with Crippen molar-refractivity contribution in [2.45, 2.75) is 6.92 Å². The van der Waals surface area contributed by atoms with Crippen LogP contribution in [-0.4, -0.2) is 30.6 Å². The zero-order valence-corrected chi connectivity index (χ0v) is 16.0. The Morgan fingerprint density at radius 1 is 1.03 bits per heavy atom. The molecule has 0 unspecified atom stereocenters. The lowest BCUT2D eigenvalue weighted by Crippen LogP contribution is -2.16. The van der Waals surface area contributed by atoms with Crippen molar-refractivity contribution in [3.8, 4) is 11.4 Å². The highest BCUT2D eigenvalue weighted by molar-refractivity contribution is 6.12. The van der Waals surface area contributed by atoms with Gasteiger partial charge in [-0.15, -0.1) is 0 Å². The first kappa shape index (κ1) is 17.1. The molecule has 0 bridgehead atoms. The summed E-state index contributed by atoms with van der Waals surface area (Å²) in [5, 5.41) is 8.23. The highest BCUT2D eigenvalue weighted by Gasteiger charge is 2.19. The fraction of sp³-hybridized carbons (Fsp3) is 0.0909. The number of imidazole rings is 1. The Kier molecular flexibility index (Phi) is 3.87. The Bertz CT molecular complexity index is 1350. The summed E-state index contributed by atoms with van der Waals surface area (Å²) in [6.45, 7) is 1.91. The summed E-state index contributed by atoms with van der Waals surface area (Å²) >= 11 is 0. The summed E-state index contributed by atoms with van der Waals surface area (Å²) in [5.41, 5.74) is 4.57. The van der Waals surface area contributed by atoms with E-state index < -0.39 is 0 Å². The molecule has 0 aliphatic rings. The summed E-state index contributed by atoms with van der Waals surface area (Å²) in [6.07, 6.45) is 1.69. The maximum absolute atomic E-state index is 13.1. The smallest absolute Gasteiger partial charge is 0.259 e. The average Bonchev–Trinajstić information content (AvgIpc) is 3.31. The Balaban J connectivity index is 1.56. The van der Waals surface area contributed by atoms with Crippen LogP contribution in [0.1, 0.15) is 16.1 Å². The summed E-state index contributed by atoms with van der Waals surface area (Å²) in [5.74, 6) is 0.981. The quantitative estimate of drug-likeness (QED) is 0.492. The minimum absolute atomic E-state index is 0.241. The zero-order chi connectivity index (χ0) is 20.0. The number of H-pyrrole nitrogens is 1. The molecule has 1 amide bonds. The van der Waals surface area contributed by atoms with Gasteiger partial charge in [0, 0.05) is 18.1 Å². The Morgan fingerprint density at radius 2 is 1.90 bits per heavy atom. The molecule has 0 saturated carbocycles. The number of hydrogen-bond acceptors (Lipinski definition) is 4. The molecule has 0 aliphatic carbocycles. The van der Waals surface area contributed by atoms with Crippen molar-refractivity contribution in [1.82, 2.24) is 24.7 Å². The highest BCUT2D eigenvalue weighted by Crippen LogP contribution is 2.28. The molecule has 0 atom stereocenters. The van der Waals surface area contributed by atoms with E-state index in [2.05, 4.69) is 25.4 Å². The second kappa shape index (κ2) is 6.56. The van der Waals surface area contributed by atoms with Gasteiger partial charge in [-0.05, 0) is 31.2 Å². The van der Waals surface area contributed by atoms with Gasteiger partial charge < -0.3 is 10.3 Å². The van der Waals surface area contributed by atoms with E-state index in [1.54, 1.807) is 24.0 Å². The largest absolute Gasteiger partial charge is 0.338 e. The molecule has 2 aromatic carbocycles. The van der Waals surface area contributed by atoms with Crippen LogP contribution < -0.4 is 5.32 Å². The number of nitrogens with one attached hydrogen (secondary N) is 2. The van der Waals surface area contributed by atoms with Gasteiger partial charge in [0.2, 0.25) is 0 Å². The van der Waals surface area contributed by atoms with Crippen LogP contribution in [0.15, 0.2) is 60.8 Å². The van der Waals surface area contributed by atoms with Crippen LogP contribution in [0.25, 0.3) is 33.3 Å². The predicted molar refractivity (Wildman–Crippen MR) is 113 cm³/mol.